The monoisotopic (exact) mass is 816 g/mol. The van der Waals surface area contributed by atoms with E-state index in [2.05, 4.69) is 237 Å². The van der Waals surface area contributed by atoms with Gasteiger partial charge < -0.3 is 0 Å². The summed E-state index contributed by atoms with van der Waals surface area (Å²) in [6, 6.07) is 79.5. The van der Waals surface area contributed by atoms with Gasteiger partial charge in [-0.2, -0.15) is 5.06 Å². The van der Waals surface area contributed by atoms with Gasteiger partial charge in [0.2, 0.25) is 0 Å². The van der Waals surface area contributed by atoms with Crippen molar-refractivity contribution in [3.8, 4) is 28.1 Å². The molecular weight excluding hydrogens is 773 g/mol. The van der Waals surface area contributed by atoms with E-state index < -0.39 is 8.07 Å². The third kappa shape index (κ3) is 6.14. The van der Waals surface area contributed by atoms with Crippen LogP contribution < -0.4 is 30.9 Å². The molecule has 11 rings (SSSR count). The summed E-state index contributed by atoms with van der Waals surface area (Å²) < 4.78 is 2.36. The van der Waals surface area contributed by atoms with Gasteiger partial charge in [0.1, 0.15) is 5.82 Å². The van der Waals surface area contributed by atoms with Gasteiger partial charge in [0, 0.05) is 17.0 Å². The van der Waals surface area contributed by atoms with E-state index in [0.717, 1.165) is 39.5 Å². The van der Waals surface area contributed by atoms with Gasteiger partial charge in [-0.05, 0) is 105 Å². The van der Waals surface area contributed by atoms with Crippen LogP contribution in [0.3, 0.4) is 0 Å². The predicted octanol–water partition coefficient (Wildman–Crippen LogP) is 11.1. The molecule has 0 radical (unpaired) electrons. The molecule has 0 fully saturated rings. The SMILES string of the molecule is CC(C)N1ON(c2cccc([Si](c3ccccc3)(c3ccccc3)c3ccc4c5ccccc5n(-c5cc(-c6ccccc6-c6ccccc6)ccn5)c4c3)c2)c2ccccc21. The highest BCUT2D eigenvalue weighted by Gasteiger charge is 2.42. The third-order valence-corrected chi connectivity index (χ3v) is 17.1. The summed E-state index contributed by atoms with van der Waals surface area (Å²) in [6.07, 6.45) is 1.95. The first-order valence-electron chi connectivity index (χ1n) is 21.3. The molecule has 0 aliphatic carbocycles. The lowest BCUT2D eigenvalue weighted by Gasteiger charge is -2.35. The molecule has 1 aliphatic rings. The molecule has 8 aromatic carbocycles. The summed E-state index contributed by atoms with van der Waals surface area (Å²) in [6.45, 7) is 4.31. The number of hydrogen-bond acceptors (Lipinski definition) is 4. The number of aromatic nitrogens is 2. The molecule has 0 spiro atoms. The van der Waals surface area contributed by atoms with Crippen molar-refractivity contribution < 1.29 is 4.94 Å². The molecule has 6 heteroatoms. The Balaban J connectivity index is 1.15. The molecule has 0 atom stereocenters. The first-order chi connectivity index (χ1) is 30.6. The fourth-order valence-corrected chi connectivity index (χ4v) is 14.3. The van der Waals surface area contributed by atoms with E-state index in [-0.39, 0.29) is 6.04 Å². The van der Waals surface area contributed by atoms with Gasteiger partial charge in [0.15, 0.2) is 8.07 Å². The van der Waals surface area contributed by atoms with Crippen molar-refractivity contribution >= 4 is 67.7 Å². The molecule has 0 saturated heterocycles. The topological polar surface area (TPSA) is 33.5 Å². The van der Waals surface area contributed by atoms with Crippen molar-refractivity contribution in [2.75, 3.05) is 10.1 Å². The lowest BCUT2D eigenvalue weighted by Crippen LogP contribution is -2.74. The highest BCUT2D eigenvalue weighted by molar-refractivity contribution is 7.20. The molecule has 0 amide bonds. The minimum Gasteiger partial charge on any atom is -0.294 e. The fourth-order valence-electron chi connectivity index (χ4n) is 9.56. The van der Waals surface area contributed by atoms with Crippen molar-refractivity contribution in [3.63, 3.8) is 0 Å². The van der Waals surface area contributed by atoms with Crippen LogP contribution in [0, 0.1) is 0 Å². The second-order valence-electron chi connectivity index (χ2n) is 16.2. The largest absolute Gasteiger partial charge is 0.294 e. The molecule has 1 aliphatic heterocycles. The highest BCUT2D eigenvalue weighted by atomic mass is 28.3. The van der Waals surface area contributed by atoms with E-state index in [1.54, 1.807) is 0 Å². The number of hydroxylamine groups is 1. The predicted molar refractivity (Wildman–Crippen MR) is 260 cm³/mol. The average Bonchev–Trinajstić information content (AvgIpc) is 3.90. The Hall–Kier alpha value is -7.51. The van der Waals surface area contributed by atoms with E-state index in [1.807, 2.05) is 16.3 Å². The summed E-state index contributed by atoms with van der Waals surface area (Å²) in [7, 11) is -3.04. The van der Waals surface area contributed by atoms with Crippen LogP contribution in [0.2, 0.25) is 0 Å². The number of fused-ring (bicyclic) bond motifs is 4. The molecule has 0 unspecified atom stereocenters. The van der Waals surface area contributed by atoms with Crippen molar-refractivity contribution in [3.05, 3.63) is 225 Å². The van der Waals surface area contributed by atoms with Crippen molar-refractivity contribution in [1.29, 1.82) is 0 Å². The molecular formula is C56H44N4OSi. The van der Waals surface area contributed by atoms with E-state index in [1.165, 1.54) is 48.2 Å². The zero-order valence-electron chi connectivity index (χ0n) is 34.6. The average molecular weight is 817 g/mol. The third-order valence-electron chi connectivity index (χ3n) is 12.3. The summed E-state index contributed by atoms with van der Waals surface area (Å²) in [5, 5.41) is 11.5. The molecule has 298 valence electrons. The lowest BCUT2D eigenvalue weighted by molar-refractivity contribution is 0.113. The molecule has 10 aromatic rings. The number of rotatable bonds is 9. The van der Waals surface area contributed by atoms with E-state index in [4.69, 9.17) is 9.92 Å². The maximum absolute atomic E-state index is 6.67. The first kappa shape index (κ1) is 37.5. The Kier molecular flexibility index (Phi) is 9.37. The van der Waals surface area contributed by atoms with Crippen molar-refractivity contribution in [2.45, 2.75) is 19.9 Å². The van der Waals surface area contributed by atoms with E-state index in [0.29, 0.717) is 0 Å². The second kappa shape index (κ2) is 15.5. The first-order valence-corrected chi connectivity index (χ1v) is 23.3. The van der Waals surface area contributed by atoms with Crippen LogP contribution in [-0.4, -0.2) is 23.7 Å². The van der Waals surface area contributed by atoms with Gasteiger partial charge >= 0.3 is 0 Å². The molecule has 2 aromatic heterocycles. The number of anilines is 3. The van der Waals surface area contributed by atoms with Crippen LogP contribution in [-0.2, 0) is 4.94 Å². The number of para-hydroxylation sites is 3. The quantitative estimate of drug-likeness (QED) is 0.107. The van der Waals surface area contributed by atoms with Crippen LogP contribution in [0.25, 0.3) is 49.9 Å². The molecule has 5 nitrogen and oxygen atoms in total. The van der Waals surface area contributed by atoms with Crippen LogP contribution in [0.4, 0.5) is 17.1 Å². The molecule has 3 heterocycles. The molecule has 0 bridgehead atoms. The Labute approximate surface area is 363 Å². The van der Waals surface area contributed by atoms with Crippen LogP contribution in [0.1, 0.15) is 13.8 Å². The summed E-state index contributed by atoms with van der Waals surface area (Å²) >= 11 is 0. The van der Waals surface area contributed by atoms with Crippen LogP contribution >= 0.6 is 0 Å². The van der Waals surface area contributed by atoms with Crippen molar-refractivity contribution in [2.24, 2.45) is 0 Å². The number of hydrogen-bond donors (Lipinski definition) is 0. The fraction of sp³-hybridized carbons (Fsp3) is 0.0536. The zero-order valence-corrected chi connectivity index (χ0v) is 35.6. The van der Waals surface area contributed by atoms with Gasteiger partial charge in [-0.1, -0.05) is 170 Å². The van der Waals surface area contributed by atoms with E-state index in [9.17, 15) is 0 Å². The Morgan fingerprint density at radius 2 is 1.03 bits per heavy atom. The number of nitrogens with zero attached hydrogens (tertiary/aromatic N) is 4. The summed E-state index contributed by atoms with van der Waals surface area (Å²) in [5.41, 5.74) is 9.97. The van der Waals surface area contributed by atoms with Gasteiger partial charge in [0.25, 0.3) is 0 Å². The van der Waals surface area contributed by atoms with Gasteiger partial charge in [-0.25, -0.2) is 10.0 Å². The van der Waals surface area contributed by atoms with Crippen molar-refractivity contribution in [1.82, 2.24) is 9.55 Å². The highest BCUT2D eigenvalue weighted by Crippen LogP contribution is 2.42. The van der Waals surface area contributed by atoms with Gasteiger partial charge in [-0.15, -0.1) is 4.94 Å². The maximum Gasteiger partial charge on any atom is 0.179 e. The summed E-state index contributed by atoms with van der Waals surface area (Å²) in [4.78, 5) is 11.8. The zero-order chi connectivity index (χ0) is 41.6. The minimum atomic E-state index is -3.04. The lowest BCUT2D eigenvalue weighted by atomic mass is 9.95. The summed E-state index contributed by atoms with van der Waals surface area (Å²) in [5.74, 6) is 0.877. The number of benzene rings is 8. The Morgan fingerprint density at radius 3 is 1.76 bits per heavy atom. The molecule has 62 heavy (non-hydrogen) atoms. The Morgan fingerprint density at radius 1 is 0.452 bits per heavy atom. The van der Waals surface area contributed by atoms with E-state index >= 15 is 0 Å². The molecule has 0 saturated carbocycles. The van der Waals surface area contributed by atoms with Gasteiger partial charge in [0.05, 0.1) is 34.1 Å². The molecule has 0 N–H and O–H groups in total. The number of pyridine rings is 1. The van der Waals surface area contributed by atoms with Gasteiger partial charge in [-0.3, -0.25) is 4.57 Å². The standard InChI is InChI=1S/C56H44N4OSi/c1-40(2)59-53-31-16-17-32-54(53)60(61-59)43-21-18-26-46(38-43)62(44-22-8-4-9-23-44,45-24-10-5-11-25-45)47-33-34-51-50-29-14-15-30-52(50)58(55(51)39-47)56-37-42(35-36-57-56)49-28-13-12-27-48(49)41-19-6-3-7-20-41/h3-40H,1-2H3. The normalized spacial score (nSPS) is 12.7. The smallest absolute Gasteiger partial charge is 0.179 e. The Bertz CT molecular complexity index is 3180. The maximum atomic E-state index is 6.67. The van der Waals surface area contributed by atoms with Crippen LogP contribution in [0.15, 0.2) is 225 Å². The minimum absolute atomic E-state index is 0.152. The van der Waals surface area contributed by atoms with Crippen LogP contribution in [0.5, 0.6) is 0 Å². The second-order valence-corrected chi connectivity index (χ2v) is 20.0.